The maximum absolute atomic E-state index is 4.44. The molecule has 0 aromatic heterocycles. The molecule has 0 aliphatic carbocycles. The van der Waals surface area contributed by atoms with Crippen LogP contribution in [0.15, 0.2) is 4.99 Å². The Kier molecular flexibility index (Phi) is 4.04. The average Bonchev–Trinajstić information content (AvgIpc) is 2.65. The Balaban J connectivity index is 1.64. The van der Waals surface area contributed by atoms with Crippen LogP contribution in [0.3, 0.4) is 0 Å². The van der Waals surface area contributed by atoms with E-state index in [2.05, 4.69) is 34.2 Å². The van der Waals surface area contributed by atoms with Gasteiger partial charge in [0, 0.05) is 26.7 Å². The normalized spacial score (nSPS) is 27.0. The van der Waals surface area contributed by atoms with E-state index in [4.69, 9.17) is 0 Å². The maximum atomic E-state index is 4.44. The summed E-state index contributed by atoms with van der Waals surface area (Å²) in [5.41, 5.74) is 0. The van der Waals surface area contributed by atoms with Crippen LogP contribution < -0.4 is 5.32 Å². The van der Waals surface area contributed by atoms with Crippen LogP contribution in [0.5, 0.6) is 0 Å². The van der Waals surface area contributed by atoms with Gasteiger partial charge in [0.15, 0.2) is 5.96 Å². The number of aliphatic imine (C=N–C) groups is 1. The highest BCUT2D eigenvalue weighted by Crippen LogP contribution is 2.17. The van der Waals surface area contributed by atoms with Crippen LogP contribution in [0.2, 0.25) is 0 Å². The number of hydrogen-bond donors (Lipinski definition) is 1. The van der Waals surface area contributed by atoms with E-state index < -0.39 is 0 Å². The van der Waals surface area contributed by atoms with Gasteiger partial charge in [0.1, 0.15) is 0 Å². The zero-order chi connectivity index (χ0) is 11.4. The Morgan fingerprint density at radius 1 is 1.38 bits per heavy atom. The van der Waals surface area contributed by atoms with Crippen molar-refractivity contribution in [2.75, 3.05) is 46.8 Å². The van der Waals surface area contributed by atoms with Gasteiger partial charge >= 0.3 is 0 Å². The molecule has 0 aromatic carbocycles. The minimum Gasteiger partial charge on any atom is -0.356 e. The van der Waals surface area contributed by atoms with Crippen LogP contribution >= 0.6 is 0 Å². The maximum Gasteiger partial charge on any atom is 0.193 e. The molecule has 0 aromatic rings. The third kappa shape index (κ3) is 3.11. The van der Waals surface area contributed by atoms with Gasteiger partial charge in [-0.3, -0.25) is 4.99 Å². The summed E-state index contributed by atoms with van der Waals surface area (Å²) in [5.74, 6) is 1.96. The molecule has 0 bridgehead atoms. The van der Waals surface area contributed by atoms with Crippen molar-refractivity contribution < 1.29 is 0 Å². The van der Waals surface area contributed by atoms with Crippen LogP contribution in [0.25, 0.3) is 0 Å². The van der Waals surface area contributed by atoms with Crippen molar-refractivity contribution in [2.24, 2.45) is 10.9 Å². The van der Waals surface area contributed by atoms with E-state index in [1.54, 1.807) is 0 Å². The lowest BCUT2D eigenvalue weighted by atomic mass is 9.95. The van der Waals surface area contributed by atoms with Crippen LogP contribution in [0, 0.1) is 5.92 Å². The lowest BCUT2D eigenvalue weighted by Crippen LogP contribution is -2.38. The highest BCUT2D eigenvalue weighted by Gasteiger charge is 2.17. The van der Waals surface area contributed by atoms with Crippen molar-refractivity contribution in [1.82, 2.24) is 15.1 Å². The minimum absolute atomic E-state index is 0.874. The summed E-state index contributed by atoms with van der Waals surface area (Å²) < 4.78 is 0. The van der Waals surface area contributed by atoms with E-state index >= 15 is 0 Å². The second-order valence-electron chi connectivity index (χ2n) is 5.11. The molecule has 16 heavy (non-hydrogen) atoms. The molecule has 2 aliphatic heterocycles. The van der Waals surface area contributed by atoms with Gasteiger partial charge in [-0.2, -0.15) is 0 Å². The molecule has 1 atom stereocenters. The van der Waals surface area contributed by atoms with Gasteiger partial charge in [-0.15, -0.1) is 0 Å². The second kappa shape index (κ2) is 5.53. The molecule has 0 amide bonds. The molecular formula is C12H24N4. The molecule has 2 heterocycles. The van der Waals surface area contributed by atoms with Gasteiger partial charge in [-0.05, 0) is 38.8 Å². The zero-order valence-electron chi connectivity index (χ0n) is 10.6. The third-order valence-electron chi connectivity index (χ3n) is 3.62. The zero-order valence-corrected chi connectivity index (χ0v) is 10.6. The summed E-state index contributed by atoms with van der Waals surface area (Å²) in [4.78, 5) is 9.09. The van der Waals surface area contributed by atoms with Gasteiger partial charge in [0.25, 0.3) is 0 Å². The lowest BCUT2D eigenvalue weighted by molar-refractivity contribution is 0.202. The molecule has 1 saturated heterocycles. The number of rotatable bonds is 3. The summed E-state index contributed by atoms with van der Waals surface area (Å²) in [7, 11) is 4.33. The van der Waals surface area contributed by atoms with Crippen molar-refractivity contribution in [1.29, 1.82) is 0 Å². The van der Waals surface area contributed by atoms with Gasteiger partial charge < -0.3 is 15.1 Å². The highest BCUT2D eigenvalue weighted by atomic mass is 15.3. The van der Waals surface area contributed by atoms with Crippen molar-refractivity contribution in [3.63, 3.8) is 0 Å². The number of likely N-dealkylation sites (N-methyl/N-ethyl adjacent to an activating group) is 1. The Morgan fingerprint density at radius 2 is 2.25 bits per heavy atom. The first kappa shape index (κ1) is 11.7. The summed E-state index contributed by atoms with van der Waals surface area (Å²) in [6, 6.07) is 0. The molecule has 1 unspecified atom stereocenters. The van der Waals surface area contributed by atoms with Crippen LogP contribution in [-0.4, -0.2) is 62.6 Å². The van der Waals surface area contributed by atoms with Crippen molar-refractivity contribution >= 4 is 5.96 Å². The third-order valence-corrected chi connectivity index (χ3v) is 3.62. The van der Waals surface area contributed by atoms with Gasteiger partial charge in [0.2, 0.25) is 0 Å². The molecule has 0 radical (unpaired) electrons. The largest absolute Gasteiger partial charge is 0.356 e. The standard InChI is InChI=1S/C12H24N4/c1-15-8-3-4-11(10-15)5-6-13-12-14-7-9-16(12)2/h11H,3-10H2,1-2H3,(H,13,14). The van der Waals surface area contributed by atoms with Gasteiger partial charge in [-0.1, -0.05) is 0 Å². The molecule has 1 fully saturated rings. The average molecular weight is 224 g/mol. The molecule has 0 saturated carbocycles. The molecule has 0 spiro atoms. The molecular weight excluding hydrogens is 200 g/mol. The number of nitrogens with zero attached hydrogens (tertiary/aromatic N) is 3. The molecule has 4 heteroatoms. The number of piperidine rings is 1. The van der Waals surface area contributed by atoms with Crippen LogP contribution in [0.1, 0.15) is 19.3 Å². The number of likely N-dealkylation sites (tertiary alicyclic amines) is 1. The van der Waals surface area contributed by atoms with E-state index in [1.807, 2.05) is 0 Å². The Hall–Kier alpha value is -0.770. The van der Waals surface area contributed by atoms with Crippen molar-refractivity contribution in [2.45, 2.75) is 19.3 Å². The van der Waals surface area contributed by atoms with E-state index in [0.29, 0.717) is 0 Å². The number of hydrogen-bond acceptors (Lipinski definition) is 4. The first-order valence-corrected chi connectivity index (χ1v) is 6.43. The van der Waals surface area contributed by atoms with Gasteiger partial charge in [0.05, 0.1) is 6.54 Å². The van der Waals surface area contributed by atoms with Crippen molar-refractivity contribution in [3.05, 3.63) is 0 Å². The predicted octanol–water partition coefficient (Wildman–Crippen LogP) is 0.609. The fourth-order valence-electron chi connectivity index (χ4n) is 2.62. The predicted molar refractivity (Wildman–Crippen MR) is 67.8 cm³/mol. The highest BCUT2D eigenvalue weighted by molar-refractivity contribution is 5.81. The smallest absolute Gasteiger partial charge is 0.193 e. The second-order valence-corrected chi connectivity index (χ2v) is 5.11. The monoisotopic (exact) mass is 224 g/mol. The quantitative estimate of drug-likeness (QED) is 0.762. The SMILES string of the molecule is CN1CCCC(CCNC2=NCCN2C)C1. The van der Waals surface area contributed by atoms with E-state index in [1.165, 1.54) is 32.4 Å². The van der Waals surface area contributed by atoms with E-state index in [9.17, 15) is 0 Å². The minimum atomic E-state index is 0.874. The molecule has 92 valence electrons. The Labute approximate surface area is 98.7 Å². The summed E-state index contributed by atoms with van der Waals surface area (Å²) in [6.45, 7) is 5.63. The lowest BCUT2D eigenvalue weighted by Gasteiger charge is -2.29. The first-order valence-electron chi connectivity index (χ1n) is 6.43. The van der Waals surface area contributed by atoms with Gasteiger partial charge in [-0.25, -0.2) is 0 Å². The van der Waals surface area contributed by atoms with E-state index in [0.717, 1.165) is 31.5 Å². The topological polar surface area (TPSA) is 30.9 Å². The Morgan fingerprint density at radius 3 is 2.94 bits per heavy atom. The number of nitrogens with one attached hydrogen (secondary N) is 1. The Bertz CT molecular complexity index is 251. The van der Waals surface area contributed by atoms with Crippen LogP contribution in [-0.2, 0) is 0 Å². The first-order chi connectivity index (χ1) is 7.75. The molecule has 2 rings (SSSR count). The van der Waals surface area contributed by atoms with Crippen molar-refractivity contribution in [3.8, 4) is 0 Å². The molecule has 1 N–H and O–H groups in total. The number of guanidine groups is 1. The summed E-state index contributed by atoms with van der Waals surface area (Å²) in [6.07, 6.45) is 4.04. The molecule has 2 aliphatic rings. The van der Waals surface area contributed by atoms with E-state index in [-0.39, 0.29) is 0 Å². The molecule has 4 nitrogen and oxygen atoms in total. The van der Waals surface area contributed by atoms with Crippen LogP contribution in [0.4, 0.5) is 0 Å². The summed E-state index contributed by atoms with van der Waals surface area (Å²) >= 11 is 0. The fourth-order valence-corrected chi connectivity index (χ4v) is 2.62. The summed E-state index contributed by atoms with van der Waals surface area (Å²) in [5, 5.41) is 3.45. The fraction of sp³-hybridized carbons (Fsp3) is 0.917.